The van der Waals surface area contributed by atoms with Gasteiger partial charge in [-0.2, -0.15) is 0 Å². The quantitative estimate of drug-likeness (QED) is 0.398. The summed E-state index contributed by atoms with van der Waals surface area (Å²) in [5.74, 6) is -1.31. The Labute approximate surface area is 166 Å². The Bertz CT molecular complexity index is 960. The molecule has 0 aliphatic rings. The number of nitrogens with zero attached hydrogens (tertiary/aromatic N) is 3. The molecule has 3 aromatic rings. The summed E-state index contributed by atoms with van der Waals surface area (Å²) < 4.78 is 14.5. The minimum absolute atomic E-state index is 0.0101. The smallest absolute Gasteiger partial charge is 0.251 e. The number of amides is 2. The minimum atomic E-state index is -0.535. The largest absolute Gasteiger partial charge is 0.346 e. The maximum absolute atomic E-state index is 13.0. The fraction of sp³-hybridized carbons (Fsp3) is 0.200. The average Bonchev–Trinajstić information content (AvgIpc) is 3.22. The highest BCUT2D eigenvalue weighted by atomic mass is 19.1. The number of aromatic nitrogens is 3. The second-order valence-corrected chi connectivity index (χ2v) is 6.46. The molecule has 150 valence electrons. The molecule has 2 amide bonds. The Morgan fingerprint density at radius 3 is 2.52 bits per heavy atom. The number of carbonyl (C=O) groups excluding carboxylic acids is 2. The van der Waals surface area contributed by atoms with E-state index in [1.54, 1.807) is 16.4 Å². The summed E-state index contributed by atoms with van der Waals surface area (Å²) in [7, 11) is 0. The van der Waals surface area contributed by atoms with Gasteiger partial charge in [0.1, 0.15) is 11.5 Å². The van der Waals surface area contributed by atoms with Crippen LogP contribution in [-0.4, -0.2) is 32.0 Å². The van der Waals surface area contributed by atoms with E-state index in [0.29, 0.717) is 17.7 Å². The van der Waals surface area contributed by atoms with E-state index >= 15 is 0 Å². The molecular formula is C20H20FN5O3. The second-order valence-electron chi connectivity index (χ2n) is 6.46. The molecule has 1 atom stereocenters. The molecule has 0 unspecified atom stereocenters. The van der Waals surface area contributed by atoms with Crippen LogP contribution in [0.1, 0.15) is 34.1 Å². The lowest BCUT2D eigenvalue weighted by Crippen LogP contribution is -2.25. The summed E-state index contributed by atoms with van der Waals surface area (Å²) in [5.41, 5.74) is 3.48. The molecule has 1 aromatic heterocycles. The summed E-state index contributed by atoms with van der Waals surface area (Å²) in [6, 6.07) is 14.4. The van der Waals surface area contributed by atoms with E-state index < -0.39 is 11.7 Å². The molecule has 0 spiro atoms. The standard InChI is InChI=1S/C20H20FN5O3/c21-16-8-6-15(7-9-16)20(28)22-12-17-13-26(25-23-17)18(11-19(27)24-29)10-14-4-2-1-3-5-14/h1-9,13,18,29H,10-12H2,(H,22,28)(H,24,27)/t18-/m1/s1. The second kappa shape index (κ2) is 9.56. The van der Waals surface area contributed by atoms with Crippen molar-refractivity contribution in [1.82, 2.24) is 25.8 Å². The molecule has 0 aliphatic heterocycles. The van der Waals surface area contributed by atoms with E-state index in [4.69, 9.17) is 5.21 Å². The highest BCUT2D eigenvalue weighted by Gasteiger charge is 2.18. The predicted molar refractivity (Wildman–Crippen MR) is 101 cm³/mol. The van der Waals surface area contributed by atoms with Crippen molar-refractivity contribution in [2.75, 3.05) is 0 Å². The first-order valence-corrected chi connectivity index (χ1v) is 8.96. The molecule has 3 N–H and O–H groups in total. The molecule has 29 heavy (non-hydrogen) atoms. The lowest BCUT2D eigenvalue weighted by molar-refractivity contribution is -0.130. The number of rotatable bonds is 8. The van der Waals surface area contributed by atoms with Crippen LogP contribution < -0.4 is 10.8 Å². The molecule has 8 nitrogen and oxygen atoms in total. The van der Waals surface area contributed by atoms with Crippen molar-refractivity contribution < 1.29 is 19.2 Å². The van der Waals surface area contributed by atoms with Crippen molar-refractivity contribution in [1.29, 1.82) is 0 Å². The fourth-order valence-electron chi connectivity index (χ4n) is 2.85. The van der Waals surface area contributed by atoms with Gasteiger partial charge >= 0.3 is 0 Å². The lowest BCUT2D eigenvalue weighted by Gasteiger charge is -2.16. The van der Waals surface area contributed by atoms with Crippen molar-refractivity contribution in [3.8, 4) is 0 Å². The Morgan fingerprint density at radius 2 is 1.83 bits per heavy atom. The molecule has 1 heterocycles. The van der Waals surface area contributed by atoms with Gasteiger partial charge in [0.05, 0.1) is 25.2 Å². The van der Waals surface area contributed by atoms with Crippen molar-refractivity contribution in [2.45, 2.75) is 25.4 Å². The van der Waals surface area contributed by atoms with E-state index in [0.717, 1.165) is 5.56 Å². The van der Waals surface area contributed by atoms with Crippen LogP contribution in [0.25, 0.3) is 0 Å². The lowest BCUT2D eigenvalue weighted by atomic mass is 10.0. The highest BCUT2D eigenvalue weighted by molar-refractivity contribution is 5.94. The van der Waals surface area contributed by atoms with Gasteiger partial charge in [-0.1, -0.05) is 35.5 Å². The Morgan fingerprint density at radius 1 is 1.10 bits per heavy atom. The molecule has 3 rings (SSSR count). The van der Waals surface area contributed by atoms with Gasteiger partial charge in [-0.15, -0.1) is 5.10 Å². The minimum Gasteiger partial charge on any atom is -0.346 e. The van der Waals surface area contributed by atoms with Crippen LogP contribution in [0.2, 0.25) is 0 Å². The first-order valence-electron chi connectivity index (χ1n) is 8.96. The number of hydrogen-bond acceptors (Lipinski definition) is 5. The highest BCUT2D eigenvalue weighted by Crippen LogP contribution is 2.17. The average molecular weight is 397 g/mol. The van der Waals surface area contributed by atoms with Crippen LogP contribution in [0.5, 0.6) is 0 Å². The van der Waals surface area contributed by atoms with Crippen LogP contribution in [0.4, 0.5) is 4.39 Å². The molecule has 2 aromatic carbocycles. The first kappa shape index (κ1) is 20.2. The predicted octanol–water partition coefficient (Wildman–Crippen LogP) is 2.03. The Balaban J connectivity index is 1.66. The Kier molecular flexibility index (Phi) is 6.64. The third kappa shape index (κ3) is 5.69. The number of hydroxylamine groups is 1. The van der Waals surface area contributed by atoms with Gasteiger partial charge in [0.25, 0.3) is 5.91 Å². The summed E-state index contributed by atoms with van der Waals surface area (Å²) in [5, 5.41) is 19.7. The maximum Gasteiger partial charge on any atom is 0.251 e. The molecule has 0 saturated heterocycles. The Hall–Kier alpha value is -3.59. The van der Waals surface area contributed by atoms with Crippen molar-refractivity contribution in [3.63, 3.8) is 0 Å². The molecule has 0 fully saturated rings. The molecule has 0 radical (unpaired) electrons. The van der Waals surface area contributed by atoms with Gasteiger partial charge in [0.15, 0.2) is 0 Å². The zero-order chi connectivity index (χ0) is 20.6. The van der Waals surface area contributed by atoms with Crippen LogP contribution in [0.15, 0.2) is 60.8 Å². The number of carbonyl (C=O) groups is 2. The van der Waals surface area contributed by atoms with E-state index in [9.17, 15) is 14.0 Å². The maximum atomic E-state index is 13.0. The van der Waals surface area contributed by atoms with Gasteiger partial charge < -0.3 is 5.32 Å². The first-order chi connectivity index (χ1) is 14.0. The molecule has 9 heteroatoms. The summed E-state index contributed by atoms with van der Waals surface area (Å²) in [6.07, 6.45) is 2.17. The molecular weight excluding hydrogens is 377 g/mol. The normalized spacial score (nSPS) is 11.7. The van der Waals surface area contributed by atoms with Crippen LogP contribution >= 0.6 is 0 Å². The van der Waals surface area contributed by atoms with E-state index in [1.165, 1.54) is 24.3 Å². The monoisotopic (exact) mass is 397 g/mol. The van der Waals surface area contributed by atoms with Gasteiger partial charge in [-0.3, -0.25) is 14.8 Å². The van der Waals surface area contributed by atoms with Gasteiger partial charge in [-0.25, -0.2) is 14.6 Å². The van der Waals surface area contributed by atoms with E-state index in [1.807, 2.05) is 30.3 Å². The van der Waals surface area contributed by atoms with Crippen LogP contribution in [0.3, 0.4) is 0 Å². The zero-order valence-corrected chi connectivity index (χ0v) is 15.5. The molecule has 0 aliphatic carbocycles. The van der Waals surface area contributed by atoms with Gasteiger partial charge in [0, 0.05) is 5.56 Å². The van der Waals surface area contributed by atoms with Crippen molar-refractivity contribution in [2.24, 2.45) is 0 Å². The summed E-state index contributed by atoms with van der Waals surface area (Å²) >= 11 is 0. The topological polar surface area (TPSA) is 109 Å². The summed E-state index contributed by atoms with van der Waals surface area (Å²) in [6.45, 7) is 0.125. The van der Waals surface area contributed by atoms with E-state index in [2.05, 4.69) is 15.6 Å². The third-order valence-electron chi connectivity index (χ3n) is 4.33. The summed E-state index contributed by atoms with van der Waals surface area (Å²) in [4.78, 5) is 23.8. The number of benzene rings is 2. The van der Waals surface area contributed by atoms with Crippen molar-refractivity contribution in [3.05, 3.63) is 83.4 Å². The number of halogens is 1. The number of nitrogens with one attached hydrogen (secondary N) is 2. The zero-order valence-electron chi connectivity index (χ0n) is 15.5. The third-order valence-corrected chi connectivity index (χ3v) is 4.33. The number of hydrogen-bond donors (Lipinski definition) is 3. The van der Waals surface area contributed by atoms with Crippen LogP contribution in [-0.2, 0) is 17.8 Å². The molecule has 0 saturated carbocycles. The molecule has 0 bridgehead atoms. The fourth-order valence-corrected chi connectivity index (χ4v) is 2.85. The SMILES string of the molecule is O=C(C[C@@H](Cc1ccccc1)n1cc(CNC(=O)c2ccc(F)cc2)nn1)NO. The van der Waals surface area contributed by atoms with E-state index in [-0.39, 0.29) is 24.9 Å². The van der Waals surface area contributed by atoms with Gasteiger partial charge in [0.2, 0.25) is 5.91 Å². The van der Waals surface area contributed by atoms with Crippen LogP contribution in [0, 0.1) is 5.82 Å². The van der Waals surface area contributed by atoms with Crippen molar-refractivity contribution >= 4 is 11.8 Å². The van der Waals surface area contributed by atoms with Gasteiger partial charge in [-0.05, 0) is 36.2 Å².